The Kier molecular flexibility index (Phi) is 3.03. The average Bonchev–Trinajstić information content (AvgIpc) is 2.64. The molecule has 1 aliphatic rings. The van der Waals surface area contributed by atoms with Crippen molar-refractivity contribution in [2.24, 2.45) is 5.92 Å². The van der Waals surface area contributed by atoms with Crippen molar-refractivity contribution < 1.29 is 0 Å². The second kappa shape index (κ2) is 4.28. The Hall–Kier alpha value is -0.610. The highest BCUT2D eigenvalue weighted by Crippen LogP contribution is 2.11. The van der Waals surface area contributed by atoms with Crippen molar-refractivity contribution in [1.29, 1.82) is 0 Å². The number of aromatic nitrogens is 1. The molecule has 1 N–H and O–H groups in total. The molecule has 1 aromatic heterocycles. The first-order valence-electron chi connectivity index (χ1n) is 4.82. The van der Waals surface area contributed by atoms with Crippen molar-refractivity contribution in [2.45, 2.75) is 13.0 Å². The first kappa shape index (κ1) is 9.93. The van der Waals surface area contributed by atoms with Gasteiger partial charge in [0.25, 0.3) is 5.56 Å². The minimum atomic E-state index is 0.0834. The molecule has 0 radical (unpaired) electrons. The van der Waals surface area contributed by atoms with Crippen LogP contribution in [0.3, 0.4) is 0 Å². The first-order valence-corrected chi connectivity index (χ1v) is 5.62. The number of pyridine rings is 1. The fraction of sp³-hybridized carbons (Fsp3) is 0.500. The van der Waals surface area contributed by atoms with Crippen LogP contribution < -0.4 is 10.9 Å². The molecule has 0 saturated carbocycles. The summed E-state index contributed by atoms with van der Waals surface area (Å²) in [4.78, 5) is 11.5. The van der Waals surface area contributed by atoms with E-state index in [2.05, 4.69) is 21.2 Å². The lowest BCUT2D eigenvalue weighted by Gasteiger charge is -2.10. The van der Waals surface area contributed by atoms with E-state index in [0.29, 0.717) is 5.92 Å². The fourth-order valence-corrected chi connectivity index (χ4v) is 2.17. The van der Waals surface area contributed by atoms with Crippen molar-refractivity contribution in [1.82, 2.24) is 9.88 Å². The van der Waals surface area contributed by atoms with E-state index in [-0.39, 0.29) is 5.56 Å². The Labute approximate surface area is 91.3 Å². The van der Waals surface area contributed by atoms with E-state index in [9.17, 15) is 4.79 Å². The van der Waals surface area contributed by atoms with Crippen LogP contribution in [-0.4, -0.2) is 17.7 Å². The van der Waals surface area contributed by atoms with Gasteiger partial charge in [-0.2, -0.15) is 0 Å². The van der Waals surface area contributed by atoms with Gasteiger partial charge in [0.2, 0.25) is 0 Å². The molecular formula is C10H13BrN2O. The quantitative estimate of drug-likeness (QED) is 0.864. The fourth-order valence-electron chi connectivity index (χ4n) is 1.79. The Morgan fingerprint density at radius 2 is 2.43 bits per heavy atom. The smallest absolute Gasteiger partial charge is 0.250 e. The van der Waals surface area contributed by atoms with Crippen LogP contribution in [0.4, 0.5) is 0 Å². The van der Waals surface area contributed by atoms with E-state index in [0.717, 1.165) is 24.1 Å². The zero-order valence-electron chi connectivity index (χ0n) is 7.87. The minimum absolute atomic E-state index is 0.0834. The maximum Gasteiger partial charge on any atom is 0.250 e. The summed E-state index contributed by atoms with van der Waals surface area (Å²) in [6.07, 6.45) is 3.03. The zero-order valence-corrected chi connectivity index (χ0v) is 9.46. The Morgan fingerprint density at radius 3 is 3.14 bits per heavy atom. The lowest BCUT2D eigenvalue weighted by Crippen LogP contribution is -2.23. The van der Waals surface area contributed by atoms with Crippen molar-refractivity contribution in [2.75, 3.05) is 13.1 Å². The molecule has 1 atom stereocenters. The normalized spacial score (nSPS) is 21.4. The number of halogens is 1. The summed E-state index contributed by atoms with van der Waals surface area (Å²) in [5.74, 6) is 0.599. The SMILES string of the molecule is O=c1ccc(Br)cn1CC1CCNC1. The van der Waals surface area contributed by atoms with Gasteiger partial charge in [0.15, 0.2) is 0 Å². The van der Waals surface area contributed by atoms with Crippen molar-refractivity contribution >= 4 is 15.9 Å². The highest BCUT2D eigenvalue weighted by molar-refractivity contribution is 9.10. The molecule has 2 rings (SSSR count). The Balaban J connectivity index is 2.15. The molecule has 0 spiro atoms. The maximum atomic E-state index is 11.5. The first-order chi connectivity index (χ1) is 6.75. The number of rotatable bonds is 2. The van der Waals surface area contributed by atoms with E-state index in [4.69, 9.17) is 0 Å². The molecule has 1 aromatic rings. The Morgan fingerprint density at radius 1 is 1.57 bits per heavy atom. The minimum Gasteiger partial charge on any atom is -0.316 e. The van der Waals surface area contributed by atoms with E-state index in [1.165, 1.54) is 6.42 Å². The Bertz CT molecular complexity index is 369. The van der Waals surface area contributed by atoms with Gasteiger partial charge in [-0.3, -0.25) is 4.79 Å². The van der Waals surface area contributed by atoms with Gasteiger partial charge in [-0.05, 0) is 47.4 Å². The third kappa shape index (κ3) is 2.25. The van der Waals surface area contributed by atoms with Crippen LogP contribution in [0, 0.1) is 5.92 Å². The van der Waals surface area contributed by atoms with E-state index in [1.807, 2.05) is 6.20 Å². The molecule has 1 fully saturated rings. The van der Waals surface area contributed by atoms with Crippen molar-refractivity contribution in [3.63, 3.8) is 0 Å². The number of nitrogens with one attached hydrogen (secondary N) is 1. The van der Waals surface area contributed by atoms with Crippen LogP contribution >= 0.6 is 15.9 Å². The standard InChI is InChI=1S/C10H13BrN2O/c11-9-1-2-10(14)13(7-9)6-8-3-4-12-5-8/h1-2,7-8,12H,3-6H2. The summed E-state index contributed by atoms with van der Waals surface area (Å²) in [5, 5.41) is 3.30. The van der Waals surface area contributed by atoms with Gasteiger partial charge in [0.1, 0.15) is 0 Å². The molecule has 2 heterocycles. The molecule has 76 valence electrons. The van der Waals surface area contributed by atoms with Crippen LogP contribution in [-0.2, 0) is 6.54 Å². The van der Waals surface area contributed by atoms with Crippen LogP contribution in [0.15, 0.2) is 27.6 Å². The van der Waals surface area contributed by atoms with Crippen LogP contribution in [0.5, 0.6) is 0 Å². The lowest BCUT2D eigenvalue weighted by atomic mass is 10.1. The van der Waals surface area contributed by atoms with Crippen molar-refractivity contribution in [3.8, 4) is 0 Å². The summed E-state index contributed by atoms with van der Waals surface area (Å²) in [5.41, 5.74) is 0.0834. The largest absolute Gasteiger partial charge is 0.316 e. The second-order valence-corrected chi connectivity index (χ2v) is 4.61. The van der Waals surface area contributed by atoms with Gasteiger partial charge in [-0.15, -0.1) is 0 Å². The number of nitrogens with zero attached hydrogens (tertiary/aromatic N) is 1. The van der Waals surface area contributed by atoms with E-state index in [1.54, 1.807) is 16.7 Å². The van der Waals surface area contributed by atoms with E-state index >= 15 is 0 Å². The monoisotopic (exact) mass is 256 g/mol. The van der Waals surface area contributed by atoms with Crippen LogP contribution in [0.1, 0.15) is 6.42 Å². The zero-order chi connectivity index (χ0) is 9.97. The topological polar surface area (TPSA) is 34.0 Å². The molecule has 0 aliphatic carbocycles. The third-order valence-corrected chi connectivity index (χ3v) is 3.03. The maximum absolute atomic E-state index is 11.5. The molecule has 0 aromatic carbocycles. The van der Waals surface area contributed by atoms with Crippen LogP contribution in [0.2, 0.25) is 0 Å². The molecule has 3 nitrogen and oxygen atoms in total. The summed E-state index contributed by atoms with van der Waals surface area (Å²) in [6.45, 7) is 2.93. The predicted octanol–water partition coefficient (Wildman–Crippen LogP) is 1.22. The van der Waals surface area contributed by atoms with Gasteiger partial charge >= 0.3 is 0 Å². The average molecular weight is 257 g/mol. The molecule has 4 heteroatoms. The molecule has 0 bridgehead atoms. The van der Waals surface area contributed by atoms with Crippen molar-refractivity contribution in [3.05, 3.63) is 33.2 Å². The van der Waals surface area contributed by atoms with E-state index < -0.39 is 0 Å². The second-order valence-electron chi connectivity index (χ2n) is 3.70. The van der Waals surface area contributed by atoms with Gasteiger partial charge in [-0.25, -0.2) is 0 Å². The number of hydrogen-bond donors (Lipinski definition) is 1. The highest BCUT2D eigenvalue weighted by atomic mass is 79.9. The number of hydrogen-bond acceptors (Lipinski definition) is 2. The summed E-state index contributed by atoms with van der Waals surface area (Å²) < 4.78 is 2.74. The lowest BCUT2D eigenvalue weighted by molar-refractivity contribution is 0.471. The van der Waals surface area contributed by atoms with Gasteiger partial charge in [-0.1, -0.05) is 0 Å². The molecule has 1 saturated heterocycles. The summed E-state index contributed by atoms with van der Waals surface area (Å²) in [7, 11) is 0. The molecule has 14 heavy (non-hydrogen) atoms. The van der Waals surface area contributed by atoms with Gasteiger partial charge in [0.05, 0.1) is 0 Å². The molecular weight excluding hydrogens is 244 g/mol. The summed E-state index contributed by atoms with van der Waals surface area (Å²) in [6, 6.07) is 3.39. The molecule has 1 unspecified atom stereocenters. The van der Waals surface area contributed by atoms with Gasteiger partial charge in [0, 0.05) is 23.3 Å². The highest BCUT2D eigenvalue weighted by Gasteiger charge is 2.15. The van der Waals surface area contributed by atoms with Crippen LogP contribution in [0.25, 0.3) is 0 Å². The third-order valence-electron chi connectivity index (χ3n) is 2.56. The molecule has 1 aliphatic heterocycles. The summed E-state index contributed by atoms with van der Waals surface area (Å²) >= 11 is 3.37. The molecule has 0 amide bonds. The predicted molar refractivity (Wildman–Crippen MR) is 59.4 cm³/mol. The van der Waals surface area contributed by atoms with Gasteiger partial charge < -0.3 is 9.88 Å².